The Labute approximate surface area is 160 Å². The number of anilines is 1. The first kappa shape index (κ1) is 17.8. The van der Waals surface area contributed by atoms with Crippen LogP contribution in [0, 0.1) is 12.8 Å². The Morgan fingerprint density at radius 2 is 2.04 bits per heavy atom. The molecule has 1 aliphatic rings. The molecule has 0 radical (unpaired) electrons. The number of benzene rings is 1. The van der Waals surface area contributed by atoms with E-state index in [0.717, 1.165) is 43.2 Å². The molecular formula is C19H22N5O2S+. The summed E-state index contributed by atoms with van der Waals surface area (Å²) in [5.74, 6) is 0.155. The Bertz CT molecular complexity index is 1010. The molecule has 2 aromatic heterocycles. The number of quaternary nitrogens is 1. The Balaban J connectivity index is 1.35. The molecule has 1 amide bonds. The predicted molar refractivity (Wildman–Crippen MR) is 104 cm³/mol. The normalized spacial score (nSPS) is 19.9. The predicted octanol–water partition coefficient (Wildman–Crippen LogP) is 0.893. The summed E-state index contributed by atoms with van der Waals surface area (Å²) in [6, 6.07) is 11.1. The number of amides is 1. The summed E-state index contributed by atoms with van der Waals surface area (Å²) in [4.78, 5) is 30.8. The summed E-state index contributed by atoms with van der Waals surface area (Å²) in [6.07, 6.45) is 1.71. The Morgan fingerprint density at radius 1 is 1.30 bits per heavy atom. The fourth-order valence-corrected chi connectivity index (χ4v) is 4.49. The molecule has 1 aliphatic heterocycles. The first-order valence-corrected chi connectivity index (χ1v) is 9.96. The van der Waals surface area contributed by atoms with E-state index in [1.165, 1.54) is 26.8 Å². The molecule has 0 atom stereocenters. The third-order valence-electron chi connectivity index (χ3n) is 4.92. The number of fused-ring (bicyclic) bond motifs is 1. The number of para-hydroxylation sites is 1. The minimum absolute atomic E-state index is 0.0521. The van der Waals surface area contributed by atoms with Crippen molar-refractivity contribution in [1.29, 1.82) is 0 Å². The van der Waals surface area contributed by atoms with Crippen LogP contribution >= 0.6 is 11.3 Å². The molecule has 1 aromatic carbocycles. The zero-order valence-corrected chi connectivity index (χ0v) is 16.0. The van der Waals surface area contributed by atoms with Crippen LogP contribution in [0.5, 0.6) is 0 Å². The van der Waals surface area contributed by atoms with Crippen LogP contribution in [0.2, 0.25) is 0 Å². The highest BCUT2D eigenvalue weighted by atomic mass is 32.1. The molecule has 1 saturated heterocycles. The minimum Gasteiger partial charge on any atom is -0.329 e. The molecule has 27 heavy (non-hydrogen) atoms. The van der Waals surface area contributed by atoms with Gasteiger partial charge in [0.2, 0.25) is 10.9 Å². The highest BCUT2D eigenvalue weighted by molar-refractivity contribution is 7.16. The van der Waals surface area contributed by atoms with Gasteiger partial charge in [-0.25, -0.2) is 4.98 Å². The largest absolute Gasteiger partial charge is 0.329 e. The van der Waals surface area contributed by atoms with Gasteiger partial charge in [0.15, 0.2) is 5.01 Å². The van der Waals surface area contributed by atoms with E-state index < -0.39 is 0 Å². The molecule has 3 heterocycles. The third-order valence-corrected chi connectivity index (χ3v) is 5.83. The van der Waals surface area contributed by atoms with Crippen molar-refractivity contribution >= 4 is 27.9 Å². The van der Waals surface area contributed by atoms with Gasteiger partial charge in [0, 0.05) is 36.2 Å². The number of aryl methyl sites for hydroxylation is 1. The summed E-state index contributed by atoms with van der Waals surface area (Å²) < 4.78 is 1.38. The summed E-state index contributed by atoms with van der Waals surface area (Å²) in [5, 5.41) is 8.33. The van der Waals surface area contributed by atoms with Gasteiger partial charge in [0.1, 0.15) is 6.54 Å². The molecule has 140 valence electrons. The molecular weight excluding hydrogens is 362 g/mol. The van der Waals surface area contributed by atoms with Crippen LogP contribution in [0.1, 0.15) is 23.5 Å². The van der Waals surface area contributed by atoms with Gasteiger partial charge in [-0.2, -0.15) is 9.61 Å². The number of rotatable bonds is 4. The number of hydrogen-bond donors (Lipinski definition) is 2. The molecule has 2 N–H and O–H groups in total. The van der Waals surface area contributed by atoms with Gasteiger partial charge in [-0.1, -0.05) is 29.5 Å². The summed E-state index contributed by atoms with van der Waals surface area (Å²) in [5.41, 5.74) is 1.43. The van der Waals surface area contributed by atoms with Crippen LogP contribution in [-0.2, 0) is 11.3 Å². The van der Waals surface area contributed by atoms with Crippen molar-refractivity contribution < 1.29 is 9.69 Å². The third kappa shape index (κ3) is 4.06. The van der Waals surface area contributed by atoms with Crippen molar-refractivity contribution in [3.63, 3.8) is 0 Å². The van der Waals surface area contributed by atoms with E-state index in [2.05, 4.69) is 15.4 Å². The van der Waals surface area contributed by atoms with Crippen LogP contribution in [0.3, 0.4) is 0 Å². The zero-order chi connectivity index (χ0) is 18.8. The first-order chi connectivity index (χ1) is 13.1. The van der Waals surface area contributed by atoms with Crippen molar-refractivity contribution in [1.82, 2.24) is 14.6 Å². The lowest BCUT2D eigenvalue weighted by atomic mass is 9.96. The highest BCUT2D eigenvalue weighted by Gasteiger charge is 2.28. The van der Waals surface area contributed by atoms with Crippen LogP contribution in [0.25, 0.3) is 4.96 Å². The second kappa shape index (κ2) is 7.58. The quantitative estimate of drug-likeness (QED) is 0.700. The smallest absolute Gasteiger partial charge is 0.275 e. The summed E-state index contributed by atoms with van der Waals surface area (Å²) in [6.45, 7) is 4.42. The average molecular weight is 384 g/mol. The van der Waals surface area contributed by atoms with Gasteiger partial charge >= 0.3 is 0 Å². The second-order valence-corrected chi connectivity index (χ2v) is 8.02. The Morgan fingerprint density at radius 3 is 2.78 bits per heavy atom. The minimum atomic E-state index is -0.133. The lowest BCUT2D eigenvalue weighted by molar-refractivity contribution is -0.919. The standard InChI is InChI=1S/C19H21N5O2S/c1-13-11-17(25)24-19(20-13)27-16(22-24)12-23-9-7-14(8-10-23)18(26)21-15-5-3-2-4-6-15/h2-6,11,14H,7-10,12H2,1H3,(H,21,26)/p+1. The van der Waals surface area contributed by atoms with E-state index in [4.69, 9.17) is 0 Å². The molecule has 0 saturated carbocycles. The lowest BCUT2D eigenvalue weighted by Crippen LogP contribution is -3.11. The van der Waals surface area contributed by atoms with E-state index in [0.29, 0.717) is 10.7 Å². The molecule has 0 bridgehead atoms. The number of carbonyl (C=O) groups excluding carboxylic acids is 1. The molecule has 0 spiro atoms. The van der Waals surface area contributed by atoms with Crippen molar-refractivity contribution in [3.8, 4) is 0 Å². The number of carbonyl (C=O) groups is 1. The van der Waals surface area contributed by atoms with Gasteiger partial charge in [-0.05, 0) is 19.1 Å². The highest BCUT2D eigenvalue weighted by Crippen LogP contribution is 2.15. The maximum atomic E-state index is 12.4. The summed E-state index contributed by atoms with van der Waals surface area (Å²) in [7, 11) is 0. The number of hydrogen-bond acceptors (Lipinski definition) is 5. The molecule has 0 aliphatic carbocycles. The summed E-state index contributed by atoms with van der Waals surface area (Å²) >= 11 is 1.47. The molecule has 7 nitrogen and oxygen atoms in total. The number of nitrogens with one attached hydrogen (secondary N) is 2. The van der Waals surface area contributed by atoms with E-state index in [9.17, 15) is 9.59 Å². The Hall–Kier alpha value is -2.58. The number of nitrogens with zero attached hydrogens (tertiary/aromatic N) is 3. The second-order valence-electron chi connectivity index (χ2n) is 6.98. The van der Waals surface area contributed by atoms with Crippen LogP contribution in [0.15, 0.2) is 41.2 Å². The van der Waals surface area contributed by atoms with Gasteiger partial charge in [0.05, 0.1) is 13.1 Å². The van der Waals surface area contributed by atoms with Gasteiger partial charge in [-0.15, -0.1) is 0 Å². The number of likely N-dealkylation sites (tertiary alicyclic amines) is 1. The fraction of sp³-hybridized carbons (Fsp3) is 0.368. The first-order valence-electron chi connectivity index (χ1n) is 9.14. The van der Waals surface area contributed by atoms with Gasteiger partial charge in [-0.3, -0.25) is 9.59 Å². The van der Waals surface area contributed by atoms with Crippen molar-refractivity contribution in [2.45, 2.75) is 26.3 Å². The van der Waals surface area contributed by atoms with Crippen molar-refractivity contribution in [2.75, 3.05) is 18.4 Å². The SMILES string of the molecule is Cc1cc(=O)n2nc(C[NH+]3CCC(C(=O)Nc4ccccc4)CC3)sc2n1. The van der Waals surface area contributed by atoms with Crippen molar-refractivity contribution in [2.24, 2.45) is 5.92 Å². The van der Waals surface area contributed by atoms with Crippen molar-refractivity contribution in [3.05, 3.63) is 57.5 Å². The van der Waals surface area contributed by atoms with Gasteiger partial charge < -0.3 is 10.2 Å². The molecule has 8 heteroatoms. The average Bonchev–Trinajstić information content (AvgIpc) is 3.06. The molecule has 0 unspecified atom stereocenters. The van der Waals surface area contributed by atoms with Crippen LogP contribution < -0.4 is 15.8 Å². The fourth-order valence-electron chi connectivity index (χ4n) is 3.48. The maximum absolute atomic E-state index is 12.4. The molecule has 1 fully saturated rings. The van der Waals surface area contributed by atoms with E-state index in [1.807, 2.05) is 37.3 Å². The maximum Gasteiger partial charge on any atom is 0.275 e. The van der Waals surface area contributed by atoms with E-state index in [1.54, 1.807) is 0 Å². The van der Waals surface area contributed by atoms with Crippen LogP contribution in [0.4, 0.5) is 5.69 Å². The topological polar surface area (TPSA) is 80.8 Å². The molecule has 3 aromatic rings. The lowest BCUT2D eigenvalue weighted by Gasteiger charge is -2.27. The molecule has 4 rings (SSSR count). The van der Waals surface area contributed by atoms with Gasteiger partial charge in [0.25, 0.3) is 5.56 Å². The number of aromatic nitrogens is 3. The van der Waals surface area contributed by atoms with E-state index >= 15 is 0 Å². The van der Waals surface area contributed by atoms with E-state index in [-0.39, 0.29) is 17.4 Å². The monoisotopic (exact) mass is 384 g/mol. The van der Waals surface area contributed by atoms with Crippen LogP contribution in [-0.4, -0.2) is 33.6 Å². The zero-order valence-electron chi connectivity index (χ0n) is 15.1. The Kier molecular flexibility index (Phi) is 5.00. The number of piperidine rings is 1.